The monoisotopic (exact) mass is 423 g/mol. The van der Waals surface area contributed by atoms with E-state index in [9.17, 15) is 22.4 Å². The van der Waals surface area contributed by atoms with Gasteiger partial charge in [-0.05, 0) is 32.9 Å². The molecule has 162 valence electrons. The molecule has 2 heterocycles. The molecule has 29 heavy (non-hydrogen) atoms. The Hall–Kier alpha value is -2.43. The number of halogens is 4. The summed E-state index contributed by atoms with van der Waals surface area (Å²) in [5.74, 6) is -0.117. The minimum absolute atomic E-state index is 0.0524. The van der Waals surface area contributed by atoms with E-state index in [2.05, 4.69) is 14.2 Å². The topological polar surface area (TPSA) is 66.5 Å². The minimum Gasteiger partial charge on any atom is -0.488 e. The maximum atomic E-state index is 13.1. The highest BCUT2D eigenvalue weighted by Gasteiger charge is 2.44. The summed E-state index contributed by atoms with van der Waals surface area (Å²) >= 11 is 0. The normalized spacial score (nSPS) is 22.8. The van der Waals surface area contributed by atoms with E-state index in [1.165, 1.54) is 23.1 Å². The lowest BCUT2D eigenvalue weighted by Crippen LogP contribution is -2.42. The summed E-state index contributed by atoms with van der Waals surface area (Å²) in [7, 11) is 0. The number of carbonyl (C=O) groups is 1. The van der Waals surface area contributed by atoms with E-state index in [-0.39, 0.29) is 30.2 Å². The van der Waals surface area contributed by atoms with Crippen LogP contribution in [0.15, 0.2) is 18.2 Å². The van der Waals surface area contributed by atoms with Crippen molar-refractivity contribution in [3.8, 4) is 17.2 Å². The molecule has 2 atom stereocenters. The third-order valence-electron chi connectivity index (χ3n) is 4.09. The summed E-state index contributed by atoms with van der Waals surface area (Å²) in [6.45, 7) is 1.72. The molecular formula is C18H21F4NO6. The van der Waals surface area contributed by atoms with Crippen LogP contribution < -0.4 is 14.2 Å². The Morgan fingerprint density at radius 3 is 2.62 bits per heavy atom. The molecule has 1 aromatic carbocycles. The smallest absolute Gasteiger partial charge is 0.488 e. The Morgan fingerprint density at radius 1 is 1.28 bits per heavy atom. The Labute approximate surface area is 164 Å². The van der Waals surface area contributed by atoms with Gasteiger partial charge in [0.1, 0.15) is 17.5 Å². The van der Waals surface area contributed by atoms with E-state index < -0.39 is 43.4 Å². The fourth-order valence-corrected chi connectivity index (χ4v) is 3.04. The van der Waals surface area contributed by atoms with Crippen LogP contribution in [0.1, 0.15) is 27.2 Å². The van der Waals surface area contributed by atoms with E-state index in [1.807, 2.05) is 0 Å². The first-order valence-corrected chi connectivity index (χ1v) is 8.88. The lowest BCUT2D eigenvalue weighted by molar-refractivity contribution is -0.286. The third-order valence-corrected chi connectivity index (χ3v) is 4.09. The number of benzene rings is 1. The number of hydrogen-bond donors (Lipinski definition) is 0. The molecular weight excluding hydrogens is 402 g/mol. The van der Waals surface area contributed by atoms with Gasteiger partial charge in [0.05, 0.1) is 19.2 Å². The quantitative estimate of drug-likeness (QED) is 0.667. The first-order chi connectivity index (χ1) is 13.4. The SMILES string of the molecule is CC(C)(C)OC(=O)N1C[C@@H](Oc2ccc3c(c2)OC(F)(F)O3)C[C@H]1COC(F)F. The molecule has 0 bridgehead atoms. The lowest BCUT2D eigenvalue weighted by atomic mass is 10.2. The van der Waals surface area contributed by atoms with Gasteiger partial charge >= 0.3 is 19.0 Å². The second-order valence-electron chi connectivity index (χ2n) is 7.63. The van der Waals surface area contributed by atoms with Crippen LogP contribution in [0.2, 0.25) is 0 Å². The van der Waals surface area contributed by atoms with Crippen LogP contribution in [0.5, 0.6) is 17.2 Å². The van der Waals surface area contributed by atoms with Crippen molar-refractivity contribution in [3.05, 3.63) is 18.2 Å². The zero-order valence-corrected chi connectivity index (χ0v) is 16.0. The molecule has 7 nitrogen and oxygen atoms in total. The Kier molecular flexibility index (Phi) is 5.70. The van der Waals surface area contributed by atoms with Crippen molar-refractivity contribution < 1.29 is 46.0 Å². The Morgan fingerprint density at radius 2 is 1.97 bits per heavy atom. The van der Waals surface area contributed by atoms with Crippen LogP contribution in [-0.2, 0) is 9.47 Å². The number of amides is 1. The molecule has 0 aromatic heterocycles. The molecule has 0 spiro atoms. The van der Waals surface area contributed by atoms with Gasteiger partial charge in [-0.2, -0.15) is 8.78 Å². The fourth-order valence-electron chi connectivity index (χ4n) is 3.04. The Bertz CT molecular complexity index is 754. The molecule has 2 aliphatic heterocycles. The van der Waals surface area contributed by atoms with Gasteiger partial charge in [-0.15, -0.1) is 8.78 Å². The molecule has 2 aliphatic rings. The summed E-state index contributed by atoms with van der Waals surface area (Å²) < 4.78 is 75.3. The summed E-state index contributed by atoms with van der Waals surface area (Å²) in [6, 6.07) is 3.22. The van der Waals surface area contributed by atoms with Crippen LogP contribution in [0.3, 0.4) is 0 Å². The predicted molar refractivity (Wildman–Crippen MR) is 90.4 cm³/mol. The van der Waals surface area contributed by atoms with Crippen LogP contribution in [0.4, 0.5) is 22.4 Å². The molecule has 1 saturated heterocycles. The van der Waals surface area contributed by atoms with Gasteiger partial charge in [0.15, 0.2) is 11.5 Å². The molecule has 0 aliphatic carbocycles. The van der Waals surface area contributed by atoms with Crippen molar-refractivity contribution in [2.45, 2.75) is 57.8 Å². The number of likely N-dealkylation sites (tertiary alicyclic amines) is 1. The molecule has 3 rings (SSSR count). The zero-order valence-electron chi connectivity index (χ0n) is 16.0. The summed E-state index contributed by atoms with van der Waals surface area (Å²) in [5, 5.41) is 0. The van der Waals surface area contributed by atoms with Gasteiger partial charge in [0.25, 0.3) is 0 Å². The predicted octanol–water partition coefficient (Wildman–Crippen LogP) is 4.00. The maximum Gasteiger partial charge on any atom is 0.586 e. The van der Waals surface area contributed by atoms with Gasteiger partial charge in [-0.1, -0.05) is 0 Å². The molecule has 11 heteroatoms. The molecule has 0 radical (unpaired) electrons. The van der Waals surface area contributed by atoms with Gasteiger partial charge in [0.2, 0.25) is 0 Å². The van der Waals surface area contributed by atoms with Crippen LogP contribution in [-0.4, -0.2) is 54.8 Å². The van der Waals surface area contributed by atoms with Crippen molar-refractivity contribution in [1.29, 1.82) is 0 Å². The van der Waals surface area contributed by atoms with Crippen LogP contribution in [0, 0.1) is 0 Å². The van der Waals surface area contributed by atoms with E-state index in [1.54, 1.807) is 20.8 Å². The Balaban J connectivity index is 1.68. The maximum absolute atomic E-state index is 13.1. The van der Waals surface area contributed by atoms with Crippen LogP contribution >= 0.6 is 0 Å². The van der Waals surface area contributed by atoms with E-state index in [0.717, 1.165) is 0 Å². The highest BCUT2D eigenvalue weighted by Crippen LogP contribution is 2.43. The lowest BCUT2D eigenvalue weighted by Gasteiger charge is -2.28. The number of carbonyl (C=O) groups excluding carboxylic acids is 1. The van der Waals surface area contributed by atoms with Crippen molar-refractivity contribution in [1.82, 2.24) is 4.90 Å². The number of hydrogen-bond acceptors (Lipinski definition) is 6. The second-order valence-corrected chi connectivity index (χ2v) is 7.63. The standard InChI is InChI=1S/C18H21F4NO6/c1-17(2,3)29-16(24)23-8-12(6-10(23)9-25-15(19)20)26-11-4-5-13-14(7-11)28-18(21,22)27-13/h4-5,7,10,12,15H,6,8-9H2,1-3H3/t10-,12-/m0/s1. The van der Waals surface area contributed by atoms with Gasteiger partial charge in [0, 0.05) is 12.5 Å². The number of nitrogens with zero attached hydrogens (tertiary/aromatic N) is 1. The van der Waals surface area contributed by atoms with Gasteiger partial charge in [-0.25, -0.2) is 4.79 Å². The fraction of sp³-hybridized carbons (Fsp3) is 0.611. The van der Waals surface area contributed by atoms with Crippen molar-refractivity contribution in [3.63, 3.8) is 0 Å². The summed E-state index contributed by atoms with van der Waals surface area (Å²) in [5.41, 5.74) is -0.771. The average Bonchev–Trinajstić information content (AvgIpc) is 3.09. The number of ether oxygens (including phenoxy) is 5. The second kappa shape index (κ2) is 7.77. The first kappa shape index (κ1) is 21.3. The van der Waals surface area contributed by atoms with E-state index >= 15 is 0 Å². The zero-order chi connectivity index (χ0) is 21.4. The minimum atomic E-state index is -3.75. The summed E-state index contributed by atoms with van der Waals surface area (Å²) in [4.78, 5) is 13.7. The molecule has 0 saturated carbocycles. The summed E-state index contributed by atoms with van der Waals surface area (Å²) in [6.07, 6.45) is -4.83. The van der Waals surface area contributed by atoms with Crippen molar-refractivity contribution in [2.75, 3.05) is 13.2 Å². The van der Waals surface area contributed by atoms with Crippen molar-refractivity contribution >= 4 is 6.09 Å². The first-order valence-electron chi connectivity index (χ1n) is 8.88. The number of fused-ring (bicyclic) bond motifs is 1. The van der Waals surface area contributed by atoms with Gasteiger partial charge < -0.3 is 23.7 Å². The van der Waals surface area contributed by atoms with Crippen molar-refractivity contribution in [2.24, 2.45) is 0 Å². The largest absolute Gasteiger partial charge is 0.586 e. The molecule has 1 amide bonds. The molecule has 0 unspecified atom stereocenters. The number of rotatable bonds is 5. The average molecular weight is 423 g/mol. The highest BCUT2D eigenvalue weighted by molar-refractivity contribution is 5.69. The van der Waals surface area contributed by atoms with E-state index in [4.69, 9.17) is 9.47 Å². The number of alkyl halides is 4. The van der Waals surface area contributed by atoms with Gasteiger partial charge in [-0.3, -0.25) is 4.90 Å². The molecule has 1 aromatic rings. The van der Waals surface area contributed by atoms with E-state index in [0.29, 0.717) is 0 Å². The third kappa shape index (κ3) is 5.55. The van der Waals surface area contributed by atoms with Crippen LogP contribution in [0.25, 0.3) is 0 Å². The molecule has 0 N–H and O–H groups in total. The highest BCUT2D eigenvalue weighted by atomic mass is 19.3. The molecule has 1 fully saturated rings.